The number of carbonyl (C=O) groups excluding carboxylic acids is 2. The Morgan fingerprint density at radius 3 is 2.75 bits per heavy atom. The fourth-order valence-corrected chi connectivity index (χ4v) is 2.74. The SMILES string of the molecule is CCCNC(=O)CN1CCC(NC(=O)c2ccc(COC)o2)CC1. The van der Waals surface area contributed by atoms with Gasteiger partial charge < -0.3 is 19.8 Å². The van der Waals surface area contributed by atoms with Gasteiger partial charge in [0.05, 0.1) is 6.54 Å². The molecule has 0 unspecified atom stereocenters. The topological polar surface area (TPSA) is 83.8 Å². The zero-order chi connectivity index (χ0) is 17.4. The van der Waals surface area contributed by atoms with Gasteiger partial charge >= 0.3 is 0 Å². The molecular formula is C17H27N3O4. The molecule has 0 saturated carbocycles. The number of furan rings is 1. The maximum Gasteiger partial charge on any atom is 0.287 e. The molecule has 0 aromatic carbocycles. The summed E-state index contributed by atoms with van der Waals surface area (Å²) >= 11 is 0. The Labute approximate surface area is 142 Å². The van der Waals surface area contributed by atoms with Gasteiger partial charge in [-0.1, -0.05) is 6.92 Å². The van der Waals surface area contributed by atoms with Crippen LogP contribution in [0.3, 0.4) is 0 Å². The monoisotopic (exact) mass is 337 g/mol. The van der Waals surface area contributed by atoms with Crippen molar-refractivity contribution < 1.29 is 18.7 Å². The fourth-order valence-electron chi connectivity index (χ4n) is 2.74. The van der Waals surface area contributed by atoms with E-state index in [1.54, 1.807) is 19.2 Å². The van der Waals surface area contributed by atoms with E-state index in [4.69, 9.17) is 9.15 Å². The minimum atomic E-state index is -0.198. The van der Waals surface area contributed by atoms with Crippen molar-refractivity contribution in [3.8, 4) is 0 Å². The van der Waals surface area contributed by atoms with Gasteiger partial charge in [-0.25, -0.2) is 0 Å². The molecule has 2 N–H and O–H groups in total. The van der Waals surface area contributed by atoms with Crippen LogP contribution in [-0.4, -0.2) is 56.0 Å². The highest BCUT2D eigenvalue weighted by atomic mass is 16.5. The lowest BCUT2D eigenvalue weighted by Gasteiger charge is -2.31. The molecule has 7 nitrogen and oxygen atoms in total. The molecule has 1 aliphatic rings. The Morgan fingerprint density at radius 1 is 1.33 bits per heavy atom. The van der Waals surface area contributed by atoms with Crippen LogP contribution in [0.2, 0.25) is 0 Å². The molecule has 1 saturated heterocycles. The van der Waals surface area contributed by atoms with Gasteiger partial charge in [0.2, 0.25) is 5.91 Å². The highest BCUT2D eigenvalue weighted by molar-refractivity contribution is 5.91. The normalized spacial score (nSPS) is 16.1. The van der Waals surface area contributed by atoms with Crippen LogP contribution in [-0.2, 0) is 16.1 Å². The number of hydrogen-bond acceptors (Lipinski definition) is 5. The summed E-state index contributed by atoms with van der Waals surface area (Å²) in [4.78, 5) is 26.0. The van der Waals surface area contributed by atoms with E-state index >= 15 is 0 Å². The van der Waals surface area contributed by atoms with Gasteiger partial charge in [0.15, 0.2) is 5.76 Å². The summed E-state index contributed by atoms with van der Waals surface area (Å²) in [6, 6.07) is 3.52. The fraction of sp³-hybridized carbons (Fsp3) is 0.647. The summed E-state index contributed by atoms with van der Waals surface area (Å²) in [7, 11) is 1.58. The zero-order valence-corrected chi connectivity index (χ0v) is 14.5. The minimum Gasteiger partial charge on any atom is -0.453 e. The molecule has 0 spiro atoms. The quantitative estimate of drug-likeness (QED) is 0.743. The third-order valence-electron chi connectivity index (χ3n) is 4.03. The number of hydrogen-bond donors (Lipinski definition) is 2. The van der Waals surface area contributed by atoms with E-state index in [-0.39, 0.29) is 17.9 Å². The molecule has 1 aromatic heterocycles. The number of ether oxygens (including phenoxy) is 1. The summed E-state index contributed by atoms with van der Waals surface area (Å²) in [5, 5.41) is 5.88. The van der Waals surface area contributed by atoms with Gasteiger partial charge in [-0.05, 0) is 31.4 Å². The third-order valence-corrected chi connectivity index (χ3v) is 4.03. The van der Waals surface area contributed by atoms with Gasteiger partial charge in [0.25, 0.3) is 5.91 Å². The first kappa shape index (κ1) is 18.5. The molecule has 2 amide bonds. The number of piperidine rings is 1. The minimum absolute atomic E-state index is 0.0700. The van der Waals surface area contributed by atoms with Crippen LogP contribution in [0.1, 0.15) is 42.5 Å². The summed E-state index contributed by atoms with van der Waals surface area (Å²) in [6.45, 7) is 5.14. The molecule has 0 atom stereocenters. The first-order chi connectivity index (χ1) is 11.6. The van der Waals surface area contributed by atoms with Crippen molar-refractivity contribution in [3.63, 3.8) is 0 Å². The summed E-state index contributed by atoms with van der Waals surface area (Å²) in [6.07, 6.45) is 2.61. The maximum absolute atomic E-state index is 12.2. The van der Waals surface area contributed by atoms with Crippen LogP contribution >= 0.6 is 0 Å². The van der Waals surface area contributed by atoms with E-state index in [1.165, 1.54) is 0 Å². The number of likely N-dealkylation sites (tertiary alicyclic amines) is 1. The van der Waals surface area contributed by atoms with Gasteiger partial charge in [0.1, 0.15) is 12.4 Å². The van der Waals surface area contributed by atoms with Crippen LogP contribution in [0.5, 0.6) is 0 Å². The molecule has 1 fully saturated rings. The molecule has 0 bridgehead atoms. The molecule has 7 heteroatoms. The Bertz CT molecular complexity index is 536. The standard InChI is InChI=1S/C17H27N3O4/c1-3-8-18-16(21)11-20-9-6-13(7-10-20)19-17(22)15-5-4-14(24-15)12-23-2/h4-5,13H,3,6-12H2,1-2H3,(H,18,21)(H,19,22). The largest absolute Gasteiger partial charge is 0.453 e. The van der Waals surface area contributed by atoms with Gasteiger partial charge in [0, 0.05) is 32.8 Å². The Morgan fingerprint density at radius 2 is 2.08 bits per heavy atom. The molecule has 0 radical (unpaired) electrons. The average molecular weight is 337 g/mol. The van der Waals surface area contributed by atoms with Crippen LogP contribution < -0.4 is 10.6 Å². The van der Waals surface area contributed by atoms with E-state index < -0.39 is 0 Å². The first-order valence-corrected chi connectivity index (χ1v) is 8.50. The predicted octanol–water partition coefficient (Wildman–Crippen LogP) is 1.15. The van der Waals surface area contributed by atoms with Crippen molar-refractivity contribution in [1.29, 1.82) is 0 Å². The van der Waals surface area contributed by atoms with Crippen LogP contribution in [0.25, 0.3) is 0 Å². The van der Waals surface area contributed by atoms with E-state index in [0.717, 1.165) is 38.9 Å². The molecule has 134 valence electrons. The zero-order valence-electron chi connectivity index (χ0n) is 14.5. The van der Waals surface area contributed by atoms with Crippen molar-refractivity contribution >= 4 is 11.8 Å². The highest BCUT2D eigenvalue weighted by Gasteiger charge is 2.23. The molecule has 2 rings (SSSR count). The van der Waals surface area contributed by atoms with E-state index in [9.17, 15) is 9.59 Å². The second-order valence-corrected chi connectivity index (χ2v) is 6.07. The lowest BCUT2D eigenvalue weighted by Crippen LogP contribution is -2.47. The first-order valence-electron chi connectivity index (χ1n) is 8.50. The van der Waals surface area contributed by atoms with Gasteiger partial charge in [-0.2, -0.15) is 0 Å². The maximum atomic E-state index is 12.2. The van der Waals surface area contributed by atoms with Crippen molar-refractivity contribution in [3.05, 3.63) is 23.7 Å². The molecule has 2 heterocycles. The molecule has 24 heavy (non-hydrogen) atoms. The molecule has 1 aliphatic heterocycles. The second kappa shape index (κ2) is 9.44. The number of carbonyl (C=O) groups is 2. The molecule has 0 aliphatic carbocycles. The van der Waals surface area contributed by atoms with Crippen LogP contribution in [0.4, 0.5) is 0 Å². The van der Waals surface area contributed by atoms with Crippen molar-refractivity contribution in [2.24, 2.45) is 0 Å². The van der Waals surface area contributed by atoms with E-state index in [1.807, 2.05) is 6.92 Å². The second-order valence-electron chi connectivity index (χ2n) is 6.07. The highest BCUT2D eigenvalue weighted by Crippen LogP contribution is 2.13. The number of nitrogens with one attached hydrogen (secondary N) is 2. The van der Waals surface area contributed by atoms with Crippen molar-refractivity contribution in [1.82, 2.24) is 15.5 Å². The van der Waals surface area contributed by atoms with E-state index in [0.29, 0.717) is 24.7 Å². The summed E-state index contributed by atoms with van der Waals surface area (Å²) in [5.41, 5.74) is 0. The molecular weight excluding hydrogens is 310 g/mol. The summed E-state index contributed by atoms with van der Waals surface area (Å²) in [5.74, 6) is 0.816. The lowest BCUT2D eigenvalue weighted by atomic mass is 10.0. The van der Waals surface area contributed by atoms with E-state index in [2.05, 4.69) is 15.5 Å². The Kier molecular flexibility index (Phi) is 7.27. The Balaban J connectivity index is 1.72. The number of nitrogens with zero attached hydrogens (tertiary/aromatic N) is 1. The van der Waals surface area contributed by atoms with Crippen molar-refractivity contribution in [2.45, 2.75) is 38.8 Å². The van der Waals surface area contributed by atoms with Crippen molar-refractivity contribution in [2.75, 3.05) is 33.3 Å². The summed E-state index contributed by atoms with van der Waals surface area (Å²) < 4.78 is 10.4. The smallest absolute Gasteiger partial charge is 0.287 e. The van der Waals surface area contributed by atoms with Crippen LogP contribution in [0.15, 0.2) is 16.5 Å². The third kappa shape index (κ3) is 5.65. The van der Waals surface area contributed by atoms with Crippen LogP contribution in [0, 0.1) is 0 Å². The molecule has 1 aromatic rings. The number of amides is 2. The number of methoxy groups -OCH3 is 1. The van der Waals surface area contributed by atoms with Gasteiger partial charge in [-0.15, -0.1) is 0 Å². The number of rotatable bonds is 8. The van der Waals surface area contributed by atoms with Gasteiger partial charge in [-0.3, -0.25) is 14.5 Å². The lowest BCUT2D eigenvalue weighted by molar-refractivity contribution is -0.122. The predicted molar refractivity (Wildman–Crippen MR) is 89.6 cm³/mol. The average Bonchev–Trinajstić information content (AvgIpc) is 3.04. The Hall–Kier alpha value is -1.86.